The second-order valence-corrected chi connectivity index (χ2v) is 6.98. The van der Waals surface area contributed by atoms with Gasteiger partial charge in [-0.25, -0.2) is 4.98 Å². The smallest absolute Gasteiger partial charge is 0.288 e. The van der Waals surface area contributed by atoms with Crippen molar-refractivity contribution in [3.63, 3.8) is 0 Å². The fraction of sp³-hybridized carbons (Fsp3) is 0.182. The van der Waals surface area contributed by atoms with E-state index in [0.717, 1.165) is 0 Å². The molecule has 0 amide bonds. The van der Waals surface area contributed by atoms with Crippen molar-refractivity contribution in [2.24, 2.45) is 7.05 Å². The molecule has 1 aromatic carbocycles. The van der Waals surface area contributed by atoms with E-state index in [1.807, 2.05) is 0 Å². The van der Waals surface area contributed by atoms with Gasteiger partial charge in [0.25, 0.3) is 15.8 Å². The Bertz CT molecular complexity index is 732. The number of imidazole rings is 1. The van der Waals surface area contributed by atoms with Crippen LogP contribution in [-0.4, -0.2) is 23.7 Å². The molecule has 1 aromatic heterocycles. The van der Waals surface area contributed by atoms with Gasteiger partial charge in [-0.3, -0.25) is 4.72 Å². The van der Waals surface area contributed by atoms with Crippen molar-refractivity contribution in [3.8, 4) is 0 Å². The summed E-state index contributed by atoms with van der Waals surface area (Å²) in [6.45, 7) is 0. The lowest BCUT2D eigenvalue weighted by Gasteiger charge is -2.07. The van der Waals surface area contributed by atoms with Crippen molar-refractivity contribution in [2.45, 2.75) is 15.7 Å². The largest absolute Gasteiger partial charge is 0.324 e. The molecule has 1 heterocycles. The molecule has 0 atom stereocenters. The first-order chi connectivity index (χ1) is 9.79. The van der Waals surface area contributed by atoms with E-state index in [-0.39, 0.29) is 15.9 Å². The van der Waals surface area contributed by atoms with E-state index in [2.05, 4.69) is 9.71 Å². The Kier molecular flexibility index (Phi) is 4.74. The van der Waals surface area contributed by atoms with Gasteiger partial charge in [0.1, 0.15) is 5.15 Å². The van der Waals surface area contributed by atoms with E-state index in [1.54, 1.807) is 7.05 Å². The molecule has 0 saturated heterocycles. The molecule has 0 aliphatic carbocycles. The van der Waals surface area contributed by atoms with Gasteiger partial charge in [-0.05, 0) is 24.3 Å². The first-order valence-corrected chi connectivity index (χ1v) is 8.28. The van der Waals surface area contributed by atoms with Crippen LogP contribution in [0.1, 0.15) is 0 Å². The fourth-order valence-electron chi connectivity index (χ4n) is 1.48. The van der Waals surface area contributed by atoms with Crippen LogP contribution in [0.5, 0.6) is 0 Å². The lowest BCUT2D eigenvalue weighted by atomic mass is 10.3. The Morgan fingerprint density at radius 1 is 1.33 bits per heavy atom. The number of benzene rings is 1. The Morgan fingerprint density at radius 2 is 1.95 bits per heavy atom. The Balaban J connectivity index is 2.19. The van der Waals surface area contributed by atoms with E-state index >= 15 is 0 Å². The van der Waals surface area contributed by atoms with Crippen LogP contribution >= 0.6 is 23.4 Å². The number of nitrogens with one attached hydrogen (secondary N) is 1. The monoisotopic (exact) mass is 353 g/mol. The van der Waals surface area contributed by atoms with E-state index in [1.165, 1.54) is 35.2 Å². The maximum Gasteiger partial charge on any atom is 0.288 e. The van der Waals surface area contributed by atoms with Crippen molar-refractivity contribution < 1.29 is 17.2 Å². The minimum absolute atomic E-state index is 0.0209. The molecule has 0 aliphatic rings. The molecular formula is C11H10ClF2N3O2S2. The minimum Gasteiger partial charge on any atom is -0.324 e. The zero-order chi connectivity index (χ0) is 15.6. The highest BCUT2D eigenvalue weighted by Gasteiger charge is 2.22. The Hall–Kier alpha value is -1.32. The highest BCUT2D eigenvalue weighted by Crippen LogP contribution is 2.27. The zero-order valence-electron chi connectivity index (χ0n) is 10.6. The zero-order valence-corrected chi connectivity index (χ0v) is 13.0. The number of sulfonamides is 1. The Morgan fingerprint density at radius 3 is 2.43 bits per heavy atom. The average Bonchev–Trinajstić information content (AvgIpc) is 2.72. The molecule has 0 spiro atoms. The highest BCUT2D eigenvalue weighted by molar-refractivity contribution is 7.99. The molecule has 0 unspecified atom stereocenters. The SMILES string of the molecule is Cn1cnc(S(=O)(=O)Nc2ccc(SC(F)F)cc2)c1Cl. The maximum absolute atomic E-state index is 12.2. The number of aryl methyl sites for hydroxylation is 1. The van der Waals surface area contributed by atoms with Gasteiger partial charge in [-0.2, -0.15) is 17.2 Å². The summed E-state index contributed by atoms with van der Waals surface area (Å²) in [4.78, 5) is 4.05. The van der Waals surface area contributed by atoms with Crippen LogP contribution in [0, 0.1) is 0 Å². The van der Waals surface area contributed by atoms with E-state index in [9.17, 15) is 17.2 Å². The quantitative estimate of drug-likeness (QED) is 0.838. The molecule has 21 heavy (non-hydrogen) atoms. The predicted octanol–water partition coefficient (Wildman–Crippen LogP) is 3.19. The van der Waals surface area contributed by atoms with Gasteiger partial charge in [0.15, 0.2) is 0 Å². The molecular weight excluding hydrogens is 344 g/mol. The number of thioether (sulfide) groups is 1. The molecule has 5 nitrogen and oxygen atoms in total. The third kappa shape index (κ3) is 3.86. The van der Waals surface area contributed by atoms with Crippen LogP contribution in [0.2, 0.25) is 5.15 Å². The van der Waals surface area contributed by atoms with Crippen LogP contribution < -0.4 is 4.72 Å². The molecule has 2 aromatic rings. The fourth-order valence-corrected chi connectivity index (χ4v) is 3.47. The summed E-state index contributed by atoms with van der Waals surface area (Å²) in [5, 5.41) is -0.315. The number of rotatable bonds is 5. The van der Waals surface area contributed by atoms with Gasteiger partial charge < -0.3 is 4.57 Å². The second-order valence-electron chi connectivity index (χ2n) is 3.96. The Labute approximate surface area is 129 Å². The highest BCUT2D eigenvalue weighted by atomic mass is 35.5. The topological polar surface area (TPSA) is 64.0 Å². The van der Waals surface area contributed by atoms with Gasteiger partial charge in [0, 0.05) is 17.6 Å². The minimum atomic E-state index is -3.93. The molecule has 10 heteroatoms. The van der Waals surface area contributed by atoms with Gasteiger partial charge in [0.05, 0.1) is 6.33 Å². The van der Waals surface area contributed by atoms with Crippen LogP contribution in [-0.2, 0) is 17.1 Å². The molecule has 0 radical (unpaired) electrons. The number of alkyl halides is 2. The molecule has 1 N–H and O–H groups in total. The van der Waals surface area contributed by atoms with Crippen LogP contribution in [0.4, 0.5) is 14.5 Å². The van der Waals surface area contributed by atoms with Crippen LogP contribution in [0.3, 0.4) is 0 Å². The van der Waals surface area contributed by atoms with Crippen molar-refractivity contribution >= 4 is 39.1 Å². The summed E-state index contributed by atoms with van der Waals surface area (Å²) >= 11 is 6.22. The summed E-state index contributed by atoms with van der Waals surface area (Å²) < 4.78 is 52.2. The van der Waals surface area contributed by atoms with Crippen molar-refractivity contribution in [3.05, 3.63) is 35.7 Å². The van der Waals surface area contributed by atoms with Gasteiger partial charge in [-0.1, -0.05) is 23.4 Å². The van der Waals surface area contributed by atoms with Crippen molar-refractivity contribution in [2.75, 3.05) is 4.72 Å². The summed E-state index contributed by atoms with van der Waals surface area (Å²) in [6.07, 6.45) is 1.28. The van der Waals surface area contributed by atoms with Crippen LogP contribution in [0.25, 0.3) is 0 Å². The van der Waals surface area contributed by atoms with Gasteiger partial charge in [0.2, 0.25) is 5.03 Å². The number of aromatic nitrogens is 2. The number of nitrogens with zero attached hydrogens (tertiary/aromatic N) is 2. The first-order valence-electron chi connectivity index (χ1n) is 5.54. The third-order valence-electron chi connectivity index (χ3n) is 2.42. The summed E-state index contributed by atoms with van der Waals surface area (Å²) in [6, 6.07) is 5.57. The number of hydrogen-bond acceptors (Lipinski definition) is 4. The molecule has 114 valence electrons. The molecule has 0 fully saturated rings. The predicted molar refractivity (Wildman–Crippen MR) is 77.3 cm³/mol. The normalized spacial score (nSPS) is 11.9. The lowest BCUT2D eigenvalue weighted by molar-refractivity contribution is 0.252. The number of hydrogen-bond donors (Lipinski definition) is 1. The number of anilines is 1. The average molecular weight is 354 g/mol. The molecule has 0 aliphatic heterocycles. The standard InChI is InChI=1S/C11H10ClF2N3O2S2/c1-17-6-15-10(9(17)12)21(18,19)16-7-2-4-8(5-3-7)20-11(13)14/h2-6,11,16H,1H3. The molecule has 0 saturated carbocycles. The van der Waals surface area contributed by atoms with Gasteiger partial charge in [-0.15, -0.1) is 0 Å². The summed E-state index contributed by atoms with van der Waals surface area (Å²) in [5.74, 6) is -2.53. The molecule has 2 rings (SSSR count). The summed E-state index contributed by atoms with van der Waals surface area (Å²) in [5.41, 5.74) is 0.232. The van der Waals surface area contributed by atoms with Crippen LogP contribution in [0.15, 0.2) is 40.5 Å². The van der Waals surface area contributed by atoms with E-state index in [0.29, 0.717) is 16.7 Å². The third-order valence-corrected chi connectivity index (χ3v) is 5.01. The maximum atomic E-state index is 12.2. The number of halogens is 3. The first kappa shape index (κ1) is 16.1. The summed E-state index contributed by atoms with van der Waals surface area (Å²) in [7, 11) is -2.37. The van der Waals surface area contributed by atoms with E-state index in [4.69, 9.17) is 11.6 Å². The second kappa shape index (κ2) is 6.20. The van der Waals surface area contributed by atoms with E-state index < -0.39 is 15.8 Å². The van der Waals surface area contributed by atoms with Crippen molar-refractivity contribution in [1.29, 1.82) is 0 Å². The lowest BCUT2D eigenvalue weighted by Crippen LogP contribution is -2.14. The van der Waals surface area contributed by atoms with Crippen molar-refractivity contribution in [1.82, 2.24) is 9.55 Å². The van der Waals surface area contributed by atoms with Gasteiger partial charge >= 0.3 is 0 Å². The molecule has 0 bridgehead atoms.